The third-order valence-corrected chi connectivity index (χ3v) is 3.88. The third-order valence-electron chi connectivity index (χ3n) is 2.84. The maximum Gasteiger partial charge on any atom is 0.350 e. The first-order valence-electron chi connectivity index (χ1n) is 6.85. The lowest BCUT2D eigenvalue weighted by Gasteiger charge is -2.03. The Balaban J connectivity index is 2.06. The van der Waals surface area contributed by atoms with Crippen molar-refractivity contribution in [1.82, 2.24) is 4.98 Å². The fraction of sp³-hybridized carbons (Fsp3) is 0.267. The summed E-state index contributed by atoms with van der Waals surface area (Å²) >= 11 is 1.18. The van der Waals surface area contributed by atoms with Crippen LogP contribution < -0.4 is 10.2 Å². The van der Waals surface area contributed by atoms with Crippen LogP contribution in [-0.2, 0) is 4.74 Å². The molecule has 0 radical (unpaired) electrons. The summed E-state index contributed by atoms with van der Waals surface area (Å²) in [5.74, 6) is 0.0404. The van der Waals surface area contributed by atoms with Crippen LogP contribution in [0.25, 0.3) is 0 Å². The molecule has 0 atom stereocenters. The second-order valence-corrected chi connectivity index (χ2v) is 5.45. The SMILES string of the molecule is CCOC(=O)c1sc(N/N=C/c2ccc(O)c(OC)c2)nc1C. The minimum atomic E-state index is -0.386. The number of esters is 1. The van der Waals surface area contributed by atoms with E-state index in [0.29, 0.717) is 28.1 Å². The number of aryl methyl sites for hydroxylation is 1. The van der Waals surface area contributed by atoms with E-state index in [0.717, 1.165) is 5.56 Å². The summed E-state index contributed by atoms with van der Waals surface area (Å²) in [6, 6.07) is 4.87. The second-order valence-electron chi connectivity index (χ2n) is 4.46. The Bertz CT molecular complexity index is 728. The average molecular weight is 335 g/mol. The van der Waals surface area contributed by atoms with E-state index in [2.05, 4.69) is 15.5 Å². The van der Waals surface area contributed by atoms with Gasteiger partial charge >= 0.3 is 5.97 Å². The van der Waals surface area contributed by atoms with Gasteiger partial charge in [-0.25, -0.2) is 9.78 Å². The van der Waals surface area contributed by atoms with E-state index in [4.69, 9.17) is 9.47 Å². The maximum absolute atomic E-state index is 11.7. The predicted octanol–water partition coefficient (Wildman–Crippen LogP) is 2.79. The Hall–Kier alpha value is -2.61. The monoisotopic (exact) mass is 335 g/mol. The Morgan fingerprint density at radius 1 is 1.52 bits per heavy atom. The molecule has 8 heteroatoms. The number of thiazole rings is 1. The molecular weight excluding hydrogens is 318 g/mol. The van der Waals surface area contributed by atoms with Gasteiger partial charge in [0, 0.05) is 0 Å². The predicted molar refractivity (Wildman–Crippen MR) is 88.7 cm³/mol. The normalized spacial score (nSPS) is 10.7. The fourth-order valence-electron chi connectivity index (χ4n) is 1.77. The van der Waals surface area contributed by atoms with Gasteiger partial charge in [0.1, 0.15) is 4.88 Å². The molecule has 1 aromatic heterocycles. The Labute approximate surface area is 137 Å². The summed E-state index contributed by atoms with van der Waals surface area (Å²) in [5, 5.41) is 14.1. The van der Waals surface area contributed by atoms with Gasteiger partial charge in [-0.2, -0.15) is 5.10 Å². The zero-order chi connectivity index (χ0) is 16.8. The van der Waals surface area contributed by atoms with Gasteiger partial charge in [-0.15, -0.1) is 0 Å². The van der Waals surface area contributed by atoms with Crippen molar-refractivity contribution < 1.29 is 19.4 Å². The van der Waals surface area contributed by atoms with Crippen molar-refractivity contribution in [2.75, 3.05) is 19.1 Å². The molecule has 0 aliphatic carbocycles. The van der Waals surface area contributed by atoms with Crippen molar-refractivity contribution in [3.63, 3.8) is 0 Å². The third kappa shape index (κ3) is 4.19. The largest absolute Gasteiger partial charge is 0.504 e. The zero-order valence-electron chi connectivity index (χ0n) is 13.0. The number of phenols is 1. The number of hydrazone groups is 1. The van der Waals surface area contributed by atoms with Crippen LogP contribution in [-0.4, -0.2) is 36.0 Å². The van der Waals surface area contributed by atoms with Crippen molar-refractivity contribution in [2.45, 2.75) is 13.8 Å². The number of hydrogen-bond donors (Lipinski definition) is 2. The molecule has 0 aliphatic heterocycles. The van der Waals surface area contributed by atoms with Gasteiger partial charge in [0.15, 0.2) is 11.5 Å². The summed E-state index contributed by atoms with van der Waals surface area (Å²) in [6.45, 7) is 3.81. The van der Waals surface area contributed by atoms with E-state index < -0.39 is 0 Å². The molecule has 0 unspecified atom stereocenters. The number of carbonyl (C=O) groups is 1. The van der Waals surface area contributed by atoms with Gasteiger partial charge in [0.25, 0.3) is 0 Å². The Morgan fingerprint density at radius 2 is 2.30 bits per heavy atom. The lowest BCUT2D eigenvalue weighted by molar-refractivity contribution is 0.0531. The Morgan fingerprint density at radius 3 is 3.00 bits per heavy atom. The van der Waals surface area contributed by atoms with Crippen LogP contribution in [0.15, 0.2) is 23.3 Å². The number of carbonyl (C=O) groups excluding carboxylic acids is 1. The minimum absolute atomic E-state index is 0.0623. The molecule has 7 nitrogen and oxygen atoms in total. The molecule has 0 saturated heterocycles. The molecule has 0 spiro atoms. The van der Waals surface area contributed by atoms with Crippen LogP contribution in [0.2, 0.25) is 0 Å². The summed E-state index contributed by atoms with van der Waals surface area (Å²) in [4.78, 5) is 16.4. The van der Waals surface area contributed by atoms with Gasteiger partial charge in [-0.1, -0.05) is 11.3 Å². The number of aromatic nitrogens is 1. The van der Waals surface area contributed by atoms with Crippen LogP contribution in [0.5, 0.6) is 11.5 Å². The molecule has 0 amide bonds. The molecule has 2 rings (SSSR count). The molecule has 0 bridgehead atoms. The van der Waals surface area contributed by atoms with Crippen molar-refractivity contribution in [1.29, 1.82) is 0 Å². The number of methoxy groups -OCH3 is 1. The molecular formula is C15H17N3O4S. The number of phenolic OH excluding ortho intramolecular Hbond substituents is 1. The number of hydrogen-bond acceptors (Lipinski definition) is 8. The molecule has 2 aromatic rings. The van der Waals surface area contributed by atoms with E-state index in [-0.39, 0.29) is 11.7 Å². The molecule has 0 saturated carbocycles. The molecule has 0 aliphatic rings. The van der Waals surface area contributed by atoms with Crippen molar-refractivity contribution in [3.8, 4) is 11.5 Å². The quantitative estimate of drug-likeness (QED) is 0.479. The summed E-state index contributed by atoms with van der Waals surface area (Å²) in [5.41, 5.74) is 4.11. The maximum atomic E-state index is 11.7. The first-order chi connectivity index (χ1) is 11.0. The summed E-state index contributed by atoms with van der Waals surface area (Å²) in [7, 11) is 1.48. The van der Waals surface area contributed by atoms with Gasteiger partial charge in [-0.05, 0) is 37.6 Å². The lowest BCUT2D eigenvalue weighted by Crippen LogP contribution is -2.03. The summed E-state index contributed by atoms with van der Waals surface area (Å²) < 4.78 is 9.99. The highest BCUT2D eigenvalue weighted by Crippen LogP contribution is 2.26. The van der Waals surface area contributed by atoms with Gasteiger partial charge in [0.2, 0.25) is 5.13 Å². The highest BCUT2D eigenvalue weighted by atomic mass is 32.1. The van der Waals surface area contributed by atoms with Crippen LogP contribution in [0, 0.1) is 6.92 Å². The number of nitrogens with zero attached hydrogens (tertiary/aromatic N) is 2. The first-order valence-corrected chi connectivity index (χ1v) is 7.67. The minimum Gasteiger partial charge on any atom is -0.504 e. The van der Waals surface area contributed by atoms with Crippen molar-refractivity contribution in [2.24, 2.45) is 5.10 Å². The molecule has 2 N–H and O–H groups in total. The number of benzene rings is 1. The first kappa shape index (κ1) is 16.8. The van der Waals surface area contributed by atoms with E-state index in [1.54, 1.807) is 32.2 Å². The zero-order valence-corrected chi connectivity index (χ0v) is 13.8. The number of anilines is 1. The lowest BCUT2D eigenvalue weighted by atomic mass is 10.2. The standard InChI is InChI=1S/C15H17N3O4S/c1-4-22-14(20)13-9(2)17-15(23-13)18-16-8-10-5-6-11(19)12(7-10)21-3/h5-8,19H,4H2,1-3H3,(H,17,18)/b16-8+. The van der Waals surface area contributed by atoms with Crippen LogP contribution in [0.4, 0.5) is 5.13 Å². The molecule has 1 heterocycles. The van der Waals surface area contributed by atoms with Crippen LogP contribution >= 0.6 is 11.3 Å². The van der Waals surface area contributed by atoms with Crippen molar-refractivity contribution >= 4 is 28.7 Å². The molecule has 1 aromatic carbocycles. The van der Waals surface area contributed by atoms with E-state index in [1.807, 2.05) is 0 Å². The number of ether oxygens (including phenoxy) is 2. The van der Waals surface area contributed by atoms with Crippen LogP contribution in [0.3, 0.4) is 0 Å². The number of nitrogens with one attached hydrogen (secondary N) is 1. The number of rotatable bonds is 6. The molecule has 0 fully saturated rings. The topological polar surface area (TPSA) is 93.0 Å². The van der Waals surface area contributed by atoms with Crippen LogP contribution in [0.1, 0.15) is 27.9 Å². The smallest absolute Gasteiger partial charge is 0.350 e. The highest BCUT2D eigenvalue weighted by molar-refractivity contribution is 7.17. The summed E-state index contributed by atoms with van der Waals surface area (Å²) in [6.07, 6.45) is 1.56. The fourth-order valence-corrected chi connectivity index (χ4v) is 2.58. The van der Waals surface area contributed by atoms with E-state index in [1.165, 1.54) is 24.5 Å². The second kappa shape index (κ2) is 7.59. The van der Waals surface area contributed by atoms with Crippen molar-refractivity contribution in [3.05, 3.63) is 34.3 Å². The van der Waals surface area contributed by atoms with Gasteiger partial charge in [-0.3, -0.25) is 5.43 Å². The highest BCUT2D eigenvalue weighted by Gasteiger charge is 2.15. The Kier molecular flexibility index (Phi) is 5.53. The van der Waals surface area contributed by atoms with E-state index >= 15 is 0 Å². The van der Waals surface area contributed by atoms with Gasteiger partial charge in [0.05, 0.1) is 25.6 Å². The van der Waals surface area contributed by atoms with Gasteiger partial charge < -0.3 is 14.6 Å². The van der Waals surface area contributed by atoms with E-state index in [9.17, 15) is 9.90 Å². The number of aromatic hydroxyl groups is 1. The molecule has 23 heavy (non-hydrogen) atoms. The molecule has 122 valence electrons. The average Bonchev–Trinajstić information content (AvgIpc) is 2.90.